The zero-order valence-corrected chi connectivity index (χ0v) is 11.2. The lowest BCUT2D eigenvalue weighted by molar-refractivity contribution is -0.142. The maximum absolute atomic E-state index is 12.7. The third-order valence-electron chi connectivity index (χ3n) is 4.73. The van der Waals surface area contributed by atoms with Crippen molar-refractivity contribution in [1.29, 1.82) is 0 Å². The first kappa shape index (κ1) is 12.9. The van der Waals surface area contributed by atoms with Crippen molar-refractivity contribution < 1.29 is 4.79 Å². The Morgan fingerprint density at radius 3 is 2.29 bits per heavy atom. The molecule has 2 aliphatic rings. The van der Waals surface area contributed by atoms with E-state index in [0.717, 1.165) is 25.7 Å². The van der Waals surface area contributed by atoms with Crippen LogP contribution >= 0.6 is 0 Å². The van der Waals surface area contributed by atoms with Crippen LogP contribution in [0.5, 0.6) is 0 Å². The lowest BCUT2D eigenvalue weighted by atomic mass is 9.90. The van der Waals surface area contributed by atoms with Crippen molar-refractivity contribution in [3.8, 4) is 0 Å². The Bertz CT molecular complexity index is 269. The number of piperidine rings is 1. The maximum atomic E-state index is 12.7. The monoisotopic (exact) mass is 238 g/mol. The molecule has 1 amide bonds. The molecular weight excluding hydrogens is 212 g/mol. The van der Waals surface area contributed by atoms with Crippen molar-refractivity contribution in [1.82, 2.24) is 4.90 Å². The van der Waals surface area contributed by atoms with Gasteiger partial charge in [-0.15, -0.1) is 0 Å². The first-order valence-corrected chi connectivity index (χ1v) is 7.17. The largest absolute Gasteiger partial charge is 0.337 e. The van der Waals surface area contributed by atoms with Gasteiger partial charge in [0.05, 0.1) is 0 Å². The molecule has 1 aliphatic carbocycles. The fraction of sp³-hybridized carbons (Fsp3) is 0.929. The van der Waals surface area contributed by atoms with Crippen molar-refractivity contribution in [3.63, 3.8) is 0 Å². The minimum atomic E-state index is 0.211. The number of hydrogen-bond acceptors (Lipinski definition) is 2. The van der Waals surface area contributed by atoms with Crippen molar-refractivity contribution in [2.45, 2.75) is 64.5 Å². The number of carbonyl (C=O) groups excluding carboxylic acids is 1. The molecule has 2 fully saturated rings. The summed E-state index contributed by atoms with van der Waals surface area (Å²) in [6, 6.07) is 0.843. The Labute approximate surface area is 105 Å². The number of nitrogens with zero attached hydrogens (tertiary/aromatic N) is 1. The molecule has 1 aliphatic heterocycles. The van der Waals surface area contributed by atoms with E-state index in [1.165, 1.54) is 12.8 Å². The van der Waals surface area contributed by atoms with Crippen LogP contribution in [0.15, 0.2) is 0 Å². The second-order valence-corrected chi connectivity index (χ2v) is 5.91. The van der Waals surface area contributed by atoms with Crippen molar-refractivity contribution in [2.24, 2.45) is 17.6 Å². The minimum Gasteiger partial charge on any atom is -0.337 e. The molecule has 17 heavy (non-hydrogen) atoms. The Morgan fingerprint density at radius 2 is 1.71 bits per heavy atom. The highest BCUT2D eigenvalue weighted by molar-refractivity contribution is 5.80. The van der Waals surface area contributed by atoms with Crippen molar-refractivity contribution >= 4 is 5.91 Å². The maximum Gasteiger partial charge on any atom is 0.226 e. The van der Waals surface area contributed by atoms with E-state index < -0.39 is 0 Å². The van der Waals surface area contributed by atoms with Gasteiger partial charge in [0.2, 0.25) is 5.91 Å². The van der Waals surface area contributed by atoms with Crippen LogP contribution < -0.4 is 5.73 Å². The molecule has 0 spiro atoms. The quantitative estimate of drug-likeness (QED) is 0.801. The van der Waals surface area contributed by atoms with Gasteiger partial charge in [-0.1, -0.05) is 6.42 Å². The van der Waals surface area contributed by atoms with Crippen LogP contribution in [0.4, 0.5) is 0 Å². The molecule has 2 rings (SSSR count). The molecule has 0 aromatic rings. The average Bonchev–Trinajstić information content (AvgIpc) is 2.76. The normalized spacial score (nSPS) is 38.4. The summed E-state index contributed by atoms with van der Waals surface area (Å²) in [5.74, 6) is 1.03. The summed E-state index contributed by atoms with van der Waals surface area (Å²) in [6.07, 6.45) is 6.96. The molecular formula is C14H26N2O. The number of likely N-dealkylation sites (tertiary alicyclic amines) is 1. The molecule has 0 aromatic heterocycles. The number of carbonyl (C=O) groups is 1. The summed E-state index contributed by atoms with van der Waals surface area (Å²) in [5.41, 5.74) is 5.79. The van der Waals surface area contributed by atoms with Crippen LogP contribution in [-0.2, 0) is 4.79 Å². The number of amides is 1. The molecule has 0 bridgehead atoms. The van der Waals surface area contributed by atoms with E-state index in [0.29, 0.717) is 30.5 Å². The molecule has 1 heterocycles. The molecule has 0 aromatic carbocycles. The molecule has 1 saturated carbocycles. The molecule has 2 N–H and O–H groups in total. The van der Waals surface area contributed by atoms with Gasteiger partial charge in [0.15, 0.2) is 0 Å². The van der Waals surface area contributed by atoms with E-state index in [2.05, 4.69) is 18.7 Å². The van der Waals surface area contributed by atoms with Gasteiger partial charge in [-0.2, -0.15) is 0 Å². The fourth-order valence-electron chi connectivity index (χ4n) is 3.69. The Morgan fingerprint density at radius 1 is 1.12 bits per heavy atom. The van der Waals surface area contributed by atoms with E-state index >= 15 is 0 Å². The third-order valence-corrected chi connectivity index (χ3v) is 4.73. The number of nitrogens with two attached hydrogens (primary N) is 1. The molecule has 2 unspecified atom stereocenters. The van der Waals surface area contributed by atoms with Crippen LogP contribution in [0.25, 0.3) is 0 Å². The van der Waals surface area contributed by atoms with Gasteiger partial charge < -0.3 is 10.6 Å². The van der Waals surface area contributed by atoms with Gasteiger partial charge in [0.1, 0.15) is 0 Å². The predicted octanol–water partition coefficient (Wildman–Crippen LogP) is 2.15. The van der Waals surface area contributed by atoms with Gasteiger partial charge in [-0.05, 0) is 58.4 Å². The average molecular weight is 238 g/mol. The highest BCUT2D eigenvalue weighted by Gasteiger charge is 2.38. The molecule has 0 radical (unpaired) electrons. The standard InChI is InChI=1S/C14H26N2O/c1-10-5-3-6-11(2)16(10)14(17)13-8-4-7-12(13)9-15/h10-13H,3-9,15H2,1-2H3/t10?,11?,12-,13-/m1/s1. The van der Waals surface area contributed by atoms with E-state index in [1.807, 2.05) is 0 Å². The van der Waals surface area contributed by atoms with Crippen LogP contribution in [-0.4, -0.2) is 29.4 Å². The van der Waals surface area contributed by atoms with Crippen LogP contribution in [0.1, 0.15) is 52.4 Å². The molecule has 1 saturated heterocycles. The smallest absolute Gasteiger partial charge is 0.226 e. The second-order valence-electron chi connectivity index (χ2n) is 5.91. The summed E-state index contributed by atoms with van der Waals surface area (Å²) >= 11 is 0. The zero-order valence-electron chi connectivity index (χ0n) is 11.2. The Balaban J connectivity index is 2.07. The van der Waals surface area contributed by atoms with E-state index in [1.54, 1.807) is 0 Å². The Kier molecular flexibility index (Phi) is 4.08. The van der Waals surface area contributed by atoms with E-state index in [4.69, 9.17) is 5.73 Å². The topological polar surface area (TPSA) is 46.3 Å². The lowest BCUT2D eigenvalue weighted by Gasteiger charge is -2.41. The van der Waals surface area contributed by atoms with E-state index in [9.17, 15) is 4.79 Å². The van der Waals surface area contributed by atoms with Gasteiger partial charge in [0.25, 0.3) is 0 Å². The summed E-state index contributed by atoms with van der Waals surface area (Å²) in [7, 11) is 0. The Hall–Kier alpha value is -0.570. The summed E-state index contributed by atoms with van der Waals surface area (Å²) in [4.78, 5) is 14.8. The summed E-state index contributed by atoms with van der Waals surface area (Å²) < 4.78 is 0. The van der Waals surface area contributed by atoms with Gasteiger partial charge in [-0.3, -0.25) is 4.79 Å². The number of rotatable bonds is 2. The first-order chi connectivity index (χ1) is 8.15. The highest BCUT2D eigenvalue weighted by Crippen LogP contribution is 2.35. The van der Waals surface area contributed by atoms with Crippen LogP contribution in [0.2, 0.25) is 0 Å². The lowest BCUT2D eigenvalue weighted by Crippen LogP contribution is -2.50. The second kappa shape index (κ2) is 5.38. The molecule has 3 heteroatoms. The fourth-order valence-corrected chi connectivity index (χ4v) is 3.69. The number of hydrogen-bond donors (Lipinski definition) is 1. The van der Waals surface area contributed by atoms with Crippen molar-refractivity contribution in [3.05, 3.63) is 0 Å². The van der Waals surface area contributed by atoms with Gasteiger partial charge in [-0.25, -0.2) is 0 Å². The van der Waals surface area contributed by atoms with Crippen molar-refractivity contribution in [2.75, 3.05) is 6.54 Å². The summed E-state index contributed by atoms with van der Waals surface area (Å²) in [6.45, 7) is 5.06. The molecule has 98 valence electrons. The van der Waals surface area contributed by atoms with Crippen LogP contribution in [0.3, 0.4) is 0 Å². The van der Waals surface area contributed by atoms with Crippen LogP contribution in [0, 0.1) is 11.8 Å². The third kappa shape index (κ3) is 2.49. The molecule has 4 atom stereocenters. The highest BCUT2D eigenvalue weighted by atomic mass is 16.2. The molecule has 3 nitrogen and oxygen atoms in total. The predicted molar refractivity (Wildman–Crippen MR) is 69.5 cm³/mol. The van der Waals surface area contributed by atoms with E-state index in [-0.39, 0.29) is 5.92 Å². The first-order valence-electron chi connectivity index (χ1n) is 7.17. The SMILES string of the molecule is CC1CCCC(C)N1C(=O)[C@@H]1CCC[C@@H]1CN. The van der Waals surface area contributed by atoms with Gasteiger partial charge in [0, 0.05) is 18.0 Å². The van der Waals surface area contributed by atoms with Gasteiger partial charge >= 0.3 is 0 Å². The zero-order chi connectivity index (χ0) is 12.4. The minimum absolute atomic E-state index is 0.211. The summed E-state index contributed by atoms with van der Waals surface area (Å²) in [5, 5.41) is 0.